The number of para-hydroxylation sites is 2. The van der Waals surface area contributed by atoms with Crippen LogP contribution in [0, 0.1) is 0 Å². The Labute approximate surface area is 135 Å². The fourth-order valence-corrected chi connectivity index (χ4v) is 3.20. The lowest BCUT2D eigenvalue weighted by atomic mass is 9.79. The SMILES string of the molecule is CC(=O)OC1(CCCCO)c2ccccc2Oc2ccccc21. The Morgan fingerprint density at radius 3 is 2.13 bits per heavy atom. The van der Waals surface area contributed by atoms with Crippen LogP contribution >= 0.6 is 0 Å². The minimum atomic E-state index is -0.869. The Morgan fingerprint density at radius 1 is 1.04 bits per heavy atom. The topological polar surface area (TPSA) is 55.8 Å². The molecule has 4 heteroatoms. The molecule has 1 heterocycles. The average Bonchev–Trinajstić information content (AvgIpc) is 2.55. The summed E-state index contributed by atoms with van der Waals surface area (Å²) < 4.78 is 11.9. The molecule has 1 aliphatic rings. The van der Waals surface area contributed by atoms with Crippen LogP contribution in [-0.2, 0) is 15.1 Å². The fraction of sp³-hybridized carbons (Fsp3) is 0.316. The number of aliphatic hydroxyl groups is 1. The molecule has 0 aromatic heterocycles. The van der Waals surface area contributed by atoms with E-state index >= 15 is 0 Å². The normalized spacial score (nSPS) is 14.3. The van der Waals surface area contributed by atoms with Crippen molar-refractivity contribution in [2.45, 2.75) is 31.8 Å². The molecule has 120 valence electrons. The average molecular weight is 312 g/mol. The molecule has 0 saturated carbocycles. The highest BCUT2D eigenvalue weighted by atomic mass is 16.6. The van der Waals surface area contributed by atoms with Gasteiger partial charge >= 0.3 is 5.97 Å². The van der Waals surface area contributed by atoms with E-state index in [-0.39, 0.29) is 12.6 Å². The monoisotopic (exact) mass is 312 g/mol. The van der Waals surface area contributed by atoms with Gasteiger partial charge in [-0.05, 0) is 31.4 Å². The van der Waals surface area contributed by atoms with Gasteiger partial charge in [0.1, 0.15) is 11.5 Å². The zero-order valence-corrected chi connectivity index (χ0v) is 13.1. The van der Waals surface area contributed by atoms with Gasteiger partial charge in [0, 0.05) is 24.7 Å². The molecule has 0 amide bonds. The van der Waals surface area contributed by atoms with E-state index in [1.807, 2.05) is 48.5 Å². The van der Waals surface area contributed by atoms with Crippen molar-refractivity contribution in [3.8, 4) is 11.5 Å². The lowest BCUT2D eigenvalue weighted by molar-refractivity contribution is -0.155. The standard InChI is InChI=1S/C19H20O4/c1-14(21)23-19(12-6-7-13-20)15-8-2-4-10-17(15)22-18-11-5-3-9-16(18)19/h2-5,8-11,20H,6-7,12-13H2,1H3. The second-order valence-corrected chi connectivity index (χ2v) is 5.70. The number of fused-ring (bicyclic) bond motifs is 2. The first kappa shape index (κ1) is 15.6. The van der Waals surface area contributed by atoms with Crippen LogP contribution < -0.4 is 4.74 Å². The first-order valence-electron chi connectivity index (χ1n) is 7.85. The molecule has 1 N–H and O–H groups in total. The summed E-state index contributed by atoms with van der Waals surface area (Å²) in [5, 5.41) is 9.12. The second kappa shape index (κ2) is 6.42. The fourth-order valence-electron chi connectivity index (χ4n) is 3.20. The number of carbonyl (C=O) groups excluding carboxylic acids is 1. The molecule has 3 rings (SSSR count). The largest absolute Gasteiger partial charge is 0.456 e. The summed E-state index contributed by atoms with van der Waals surface area (Å²) in [4.78, 5) is 11.9. The minimum Gasteiger partial charge on any atom is -0.456 e. The van der Waals surface area contributed by atoms with Gasteiger partial charge in [-0.3, -0.25) is 4.79 Å². The summed E-state index contributed by atoms with van der Waals surface area (Å²) >= 11 is 0. The Morgan fingerprint density at radius 2 is 1.61 bits per heavy atom. The molecule has 0 fully saturated rings. The highest BCUT2D eigenvalue weighted by molar-refractivity contribution is 5.69. The van der Waals surface area contributed by atoms with Crippen LogP contribution in [0.2, 0.25) is 0 Å². The Kier molecular flexibility index (Phi) is 4.35. The van der Waals surface area contributed by atoms with Gasteiger partial charge in [-0.25, -0.2) is 0 Å². The summed E-state index contributed by atoms with van der Waals surface area (Å²) in [6.45, 7) is 1.55. The van der Waals surface area contributed by atoms with Gasteiger partial charge in [0.05, 0.1) is 0 Å². The lowest BCUT2D eigenvalue weighted by Gasteiger charge is -2.39. The minimum absolute atomic E-state index is 0.121. The molecule has 23 heavy (non-hydrogen) atoms. The highest BCUT2D eigenvalue weighted by Gasteiger charge is 2.44. The summed E-state index contributed by atoms with van der Waals surface area (Å²) in [5.74, 6) is 1.08. The van der Waals surface area contributed by atoms with Gasteiger partial charge in [-0.15, -0.1) is 0 Å². The van der Waals surface area contributed by atoms with Crippen molar-refractivity contribution in [3.05, 3.63) is 59.7 Å². The quantitative estimate of drug-likeness (QED) is 0.674. The predicted molar refractivity (Wildman–Crippen MR) is 86.4 cm³/mol. The molecule has 2 aromatic rings. The lowest BCUT2D eigenvalue weighted by Crippen LogP contribution is -2.36. The number of rotatable bonds is 5. The van der Waals surface area contributed by atoms with E-state index in [2.05, 4.69) is 0 Å². The van der Waals surface area contributed by atoms with E-state index in [4.69, 9.17) is 14.6 Å². The predicted octanol–water partition coefficient (Wildman–Crippen LogP) is 3.76. The summed E-state index contributed by atoms with van der Waals surface area (Å²) in [5.41, 5.74) is 0.838. The van der Waals surface area contributed by atoms with Crippen molar-refractivity contribution in [3.63, 3.8) is 0 Å². The molecule has 4 nitrogen and oxygen atoms in total. The van der Waals surface area contributed by atoms with Gasteiger partial charge in [0.25, 0.3) is 0 Å². The first-order chi connectivity index (χ1) is 11.2. The van der Waals surface area contributed by atoms with Gasteiger partial charge in [-0.2, -0.15) is 0 Å². The molecule has 0 atom stereocenters. The molecule has 2 aromatic carbocycles. The van der Waals surface area contributed by atoms with Crippen LogP contribution in [0.1, 0.15) is 37.3 Å². The van der Waals surface area contributed by atoms with Crippen molar-refractivity contribution in [2.24, 2.45) is 0 Å². The molecule has 0 unspecified atom stereocenters. The Hall–Kier alpha value is -2.33. The highest BCUT2D eigenvalue weighted by Crippen LogP contribution is 2.51. The van der Waals surface area contributed by atoms with E-state index < -0.39 is 5.60 Å². The number of hydrogen-bond acceptors (Lipinski definition) is 4. The zero-order chi connectivity index (χ0) is 16.3. The third-order valence-corrected chi connectivity index (χ3v) is 4.12. The number of benzene rings is 2. The molecule has 0 spiro atoms. The van der Waals surface area contributed by atoms with Gasteiger partial charge in [-0.1, -0.05) is 36.4 Å². The smallest absolute Gasteiger partial charge is 0.303 e. The number of aliphatic hydroxyl groups excluding tert-OH is 1. The van der Waals surface area contributed by atoms with Gasteiger partial charge in [0.15, 0.2) is 5.60 Å². The van der Waals surface area contributed by atoms with Crippen molar-refractivity contribution in [1.29, 1.82) is 0 Å². The Bertz CT molecular complexity index is 663. The molecular formula is C19H20O4. The van der Waals surface area contributed by atoms with Crippen LogP contribution in [-0.4, -0.2) is 17.7 Å². The van der Waals surface area contributed by atoms with Crippen molar-refractivity contribution in [2.75, 3.05) is 6.61 Å². The first-order valence-corrected chi connectivity index (χ1v) is 7.85. The van der Waals surface area contributed by atoms with Crippen LogP contribution in [0.25, 0.3) is 0 Å². The third kappa shape index (κ3) is 2.82. The maximum Gasteiger partial charge on any atom is 0.303 e. The molecule has 0 saturated heterocycles. The molecule has 0 bridgehead atoms. The van der Waals surface area contributed by atoms with Crippen molar-refractivity contribution < 1.29 is 19.4 Å². The molecule has 0 aliphatic carbocycles. The summed E-state index contributed by atoms with van der Waals surface area (Å²) in [6, 6.07) is 15.3. The maximum absolute atomic E-state index is 11.9. The second-order valence-electron chi connectivity index (χ2n) is 5.70. The molecular weight excluding hydrogens is 292 g/mol. The van der Waals surface area contributed by atoms with E-state index in [1.165, 1.54) is 6.92 Å². The number of ether oxygens (including phenoxy) is 2. The number of hydrogen-bond donors (Lipinski definition) is 1. The summed E-state index contributed by atoms with van der Waals surface area (Å²) in [7, 11) is 0. The molecule has 0 radical (unpaired) electrons. The maximum atomic E-state index is 11.9. The van der Waals surface area contributed by atoms with E-state index in [9.17, 15) is 4.79 Å². The van der Waals surface area contributed by atoms with E-state index in [1.54, 1.807) is 0 Å². The summed E-state index contributed by atoms with van der Waals surface area (Å²) in [6.07, 6.45) is 2.01. The van der Waals surface area contributed by atoms with Crippen LogP contribution in [0.15, 0.2) is 48.5 Å². The van der Waals surface area contributed by atoms with Gasteiger partial charge < -0.3 is 14.6 Å². The number of unbranched alkanes of at least 4 members (excludes halogenated alkanes) is 1. The Balaban J connectivity index is 2.16. The zero-order valence-electron chi connectivity index (χ0n) is 13.1. The van der Waals surface area contributed by atoms with E-state index in [0.29, 0.717) is 24.3 Å². The van der Waals surface area contributed by atoms with Crippen molar-refractivity contribution >= 4 is 5.97 Å². The third-order valence-electron chi connectivity index (χ3n) is 4.12. The van der Waals surface area contributed by atoms with E-state index in [0.717, 1.165) is 17.5 Å². The molecule has 1 aliphatic heterocycles. The number of esters is 1. The van der Waals surface area contributed by atoms with Crippen LogP contribution in [0.4, 0.5) is 0 Å². The van der Waals surface area contributed by atoms with Crippen LogP contribution in [0.5, 0.6) is 11.5 Å². The number of carbonyl (C=O) groups is 1. The van der Waals surface area contributed by atoms with Crippen LogP contribution in [0.3, 0.4) is 0 Å². The van der Waals surface area contributed by atoms with Crippen molar-refractivity contribution in [1.82, 2.24) is 0 Å². The van der Waals surface area contributed by atoms with Gasteiger partial charge in [0.2, 0.25) is 0 Å².